The number of likely N-dealkylation sites (tertiary alicyclic amines) is 2. The first-order chi connectivity index (χ1) is 13.9. The number of carbonyl (C=O) groups is 1. The van der Waals surface area contributed by atoms with E-state index in [1.54, 1.807) is 25.4 Å². The zero-order valence-electron chi connectivity index (χ0n) is 17.6. The number of amides is 1. The summed E-state index contributed by atoms with van der Waals surface area (Å²) in [6.45, 7) is 7.02. The predicted octanol–water partition coefficient (Wildman–Crippen LogP) is 0.653. The van der Waals surface area contributed by atoms with E-state index in [1.807, 2.05) is 11.8 Å². The number of nitrogens with one attached hydrogen (secondary N) is 1. The van der Waals surface area contributed by atoms with Gasteiger partial charge < -0.3 is 14.5 Å². The number of ether oxygens (including phenoxy) is 1. The normalized spacial score (nSPS) is 24.3. The van der Waals surface area contributed by atoms with E-state index < -0.39 is 0 Å². The number of aromatic amines is 1. The van der Waals surface area contributed by atoms with E-state index in [1.165, 1.54) is 0 Å². The first-order valence-electron chi connectivity index (χ1n) is 9.93. The van der Waals surface area contributed by atoms with E-state index in [0.717, 1.165) is 50.9 Å². The Balaban J connectivity index is 1.48. The van der Waals surface area contributed by atoms with Gasteiger partial charge in [-0.2, -0.15) is 5.10 Å². The minimum Gasteiger partial charge on any atom is -0.481 e. The Morgan fingerprint density at radius 3 is 2.79 bits per heavy atom. The molecule has 4 rings (SSSR count). The van der Waals surface area contributed by atoms with Crippen molar-refractivity contribution in [2.24, 2.45) is 11.3 Å². The van der Waals surface area contributed by atoms with Gasteiger partial charge in [-0.3, -0.25) is 14.8 Å². The van der Waals surface area contributed by atoms with Crippen molar-refractivity contribution in [3.05, 3.63) is 35.5 Å². The average molecular weight is 399 g/mol. The van der Waals surface area contributed by atoms with E-state index in [2.05, 4.69) is 44.1 Å². The summed E-state index contributed by atoms with van der Waals surface area (Å²) in [5, 5.41) is 7.20. The molecule has 1 amide bonds. The van der Waals surface area contributed by atoms with Crippen LogP contribution in [-0.4, -0.2) is 94.7 Å². The third-order valence-corrected chi connectivity index (χ3v) is 5.95. The van der Waals surface area contributed by atoms with Crippen LogP contribution in [0.2, 0.25) is 0 Å². The number of rotatable bonds is 6. The summed E-state index contributed by atoms with van der Waals surface area (Å²) in [6, 6.07) is 3.53. The molecule has 0 unspecified atom stereocenters. The summed E-state index contributed by atoms with van der Waals surface area (Å²) < 4.78 is 5.10. The minimum atomic E-state index is 0.0452. The van der Waals surface area contributed by atoms with Gasteiger partial charge in [0.15, 0.2) is 5.82 Å². The fourth-order valence-corrected chi connectivity index (χ4v) is 4.89. The Bertz CT molecular complexity index is 866. The maximum absolute atomic E-state index is 13.1. The molecule has 156 valence electrons. The van der Waals surface area contributed by atoms with Gasteiger partial charge in [0, 0.05) is 50.4 Å². The fourth-order valence-electron chi connectivity index (χ4n) is 4.89. The van der Waals surface area contributed by atoms with Gasteiger partial charge in [-0.15, -0.1) is 0 Å². The average Bonchev–Trinajstić information content (AvgIpc) is 3.33. The van der Waals surface area contributed by atoms with Crippen LogP contribution in [0.3, 0.4) is 0 Å². The van der Waals surface area contributed by atoms with Crippen LogP contribution in [0.4, 0.5) is 0 Å². The Morgan fingerprint density at radius 1 is 1.34 bits per heavy atom. The molecule has 2 aliphatic rings. The first kappa shape index (κ1) is 19.8. The maximum atomic E-state index is 13.1. The van der Waals surface area contributed by atoms with Crippen LogP contribution in [-0.2, 0) is 6.54 Å². The SMILES string of the molecule is COc1ccc(C(=O)N2C[C@@H]3CN(Cc4n[nH]c(C)n4)C[C@]3(CN(C)C)C2)cn1. The second-order valence-corrected chi connectivity index (χ2v) is 8.58. The smallest absolute Gasteiger partial charge is 0.255 e. The van der Waals surface area contributed by atoms with Crippen molar-refractivity contribution in [2.45, 2.75) is 13.5 Å². The zero-order valence-corrected chi connectivity index (χ0v) is 17.6. The molecular weight excluding hydrogens is 370 g/mol. The Labute approximate surface area is 171 Å². The molecule has 2 atom stereocenters. The number of nitrogens with zero attached hydrogens (tertiary/aromatic N) is 6. The summed E-state index contributed by atoms with van der Waals surface area (Å²) in [7, 11) is 5.78. The minimum absolute atomic E-state index is 0.0452. The molecule has 0 aliphatic carbocycles. The number of carbonyl (C=O) groups excluding carboxylic acids is 1. The van der Waals surface area contributed by atoms with Gasteiger partial charge in [-0.1, -0.05) is 0 Å². The zero-order chi connectivity index (χ0) is 20.6. The number of hydrogen-bond donors (Lipinski definition) is 1. The third kappa shape index (κ3) is 3.97. The standard InChI is InChI=1S/C20H29N7O2/c1-14-22-17(24-23-14)10-26-8-16-9-27(13-20(16,12-26)11-25(2)3)19(28)15-5-6-18(29-4)21-7-15/h5-7,16H,8-13H2,1-4H3,(H,22,23,24)/t16-,20+/m0/s1. The monoisotopic (exact) mass is 399 g/mol. The van der Waals surface area contributed by atoms with E-state index in [-0.39, 0.29) is 11.3 Å². The highest BCUT2D eigenvalue weighted by Gasteiger charge is 2.53. The molecule has 2 aromatic rings. The molecule has 29 heavy (non-hydrogen) atoms. The van der Waals surface area contributed by atoms with Crippen molar-refractivity contribution in [3.8, 4) is 5.88 Å². The molecular formula is C20H29N7O2. The van der Waals surface area contributed by atoms with E-state index >= 15 is 0 Å². The van der Waals surface area contributed by atoms with Crippen molar-refractivity contribution in [3.63, 3.8) is 0 Å². The molecule has 1 N–H and O–H groups in total. The molecule has 9 heteroatoms. The molecule has 4 heterocycles. The largest absolute Gasteiger partial charge is 0.481 e. The summed E-state index contributed by atoms with van der Waals surface area (Å²) in [5.41, 5.74) is 0.670. The van der Waals surface area contributed by atoms with Crippen molar-refractivity contribution in [2.75, 3.05) is 53.9 Å². The number of aromatic nitrogens is 4. The molecule has 9 nitrogen and oxygen atoms in total. The number of hydrogen-bond acceptors (Lipinski definition) is 7. The molecule has 2 saturated heterocycles. The van der Waals surface area contributed by atoms with Gasteiger partial charge in [-0.05, 0) is 33.0 Å². The van der Waals surface area contributed by atoms with Gasteiger partial charge in [0.2, 0.25) is 5.88 Å². The third-order valence-electron chi connectivity index (χ3n) is 5.95. The van der Waals surface area contributed by atoms with Crippen molar-refractivity contribution in [1.82, 2.24) is 34.9 Å². The van der Waals surface area contributed by atoms with Crippen LogP contribution in [0.5, 0.6) is 5.88 Å². The van der Waals surface area contributed by atoms with Gasteiger partial charge >= 0.3 is 0 Å². The van der Waals surface area contributed by atoms with Crippen LogP contribution >= 0.6 is 0 Å². The summed E-state index contributed by atoms with van der Waals surface area (Å²) in [5.74, 6) is 2.66. The quantitative estimate of drug-likeness (QED) is 0.763. The van der Waals surface area contributed by atoms with Gasteiger partial charge in [0.1, 0.15) is 5.82 Å². The number of pyridine rings is 1. The predicted molar refractivity (Wildman–Crippen MR) is 108 cm³/mol. The van der Waals surface area contributed by atoms with Crippen LogP contribution in [0.1, 0.15) is 22.0 Å². The fraction of sp³-hybridized carbons (Fsp3) is 0.600. The Hall–Kier alpha value is -2.52. The number of fused-ring (bicyclic) bond motifs is 1. The summed E-state index contributed by atoms with van der Waals surface area (Å²) >= 11 is 0. The second kappa shape index (κ2) is 7.72. The lowest BCUT2D eigenvalue weighted by atomic mass is 9.80. The van der Waals surface area contributed by atoms with Crippen LogP contribution in [0, 0.1) is 18.3 Å². The molecule has 0 saturated carbocycles. The van der Waals surface area contributed by atoms with Crippen LogP contribution in [0.25, 0.3) is 0 Å². The van der Waals surface area contributed by atoms with Gasteiger partial charge in [0.25, 0.3) is 5.91 Å². The first-order valence-corrected chi connectivity index (χ1v) is 9.93. The lowest BCUT2D eigenvalue weighted by Gasteiger charge is -2.32. The van der Waals surface area contributed by atoms with Gasteiger partial charge in [0.05, 0.1) is 19.2 Å². The van der Waals surface area contributed by atoms with Gasteiger partial charge in [-0.25, -0.2) is 9.97 Å². The highest BCUT2D eigenvalue weighted by Crippen LogP contribution is 2.43. The van der Waals surface area contributed by atoms with Crippen LogP contribution < -0.4 is 4.74 Å². The Morgan fingerprint density at radius 2 is 2.17 bits per heavy atom. The number of aryl methyl sites for hydroxylation is 1. The second-order valence-electron chi connectivity index (χ2n) is 8.58. The number of H-pyrrole nitrogens is 1. The van der Waals surface area contributed by atoms with E-state index in [0.29, 0.717) is 17.4 Å². The molecule has 0 radical (unpaired) electrons. The van der Waals surface area contributed by atoms with Crippen LogP contribution in [0.15, 0.2) is 18.3 Å². The molecule has 2 aliphatic heterocycles. The lowest BCUT2D eigenvalue weighted by Crippen LogP contribution is -2.42. The molecule has 0 spiro atoms. The van der Waals surface area contributed by atoms with E-state index in [9.17, 15) is 4.79 Å². The van der Waals surface area contributed by atoms with E-state index in [4.69, 9.17) is 4.74 Å². The number of methoxy groups -OCH3 is 1. The molecule has 0 bridgehead atoms. The Kier molecular flexibility index (Phi) is 5.26. The summed E-state index contributed by atoms with van der Waals surface area (Å²) in [4.78, 5) is 28.4. The lowest BCUT2D eigenvalue weighted by molar-refractivity contribution is 0.0747. The van der Waals surface area contributed by atoms with Crippen molar-refractivity contribution < 1.29 is 9.53 Å². The van der Waals surface area contributed by atoms with Crippen molar-refractivity contribution in [1.29, 1.82) is 0 Å². The molecule has 0 aromatic carbocycles. The molecule has 2 fully saturated rings. The highest BCUT2D eigenvalue weighted by molar-refractivity contribution is 5.94. The van der Waals surface area contributed by atoms with Crippen molar-refractivity contribution >= 4 is 5.91 Å². The molecule has 2 aromatic heterocycles. The maximum Gasteiger partial charge on any atom is 0.255 e. The highest BCUT2D eigenvalue weighted by atomic mass is 16.5. The summed E-state index contributed by atoms with van der Waals surface area (Å²) in [6.07, 6.45) is 1.60. The topological polar surface area (TPSA) is 90.5 Å².